The van der Waals surface area contributed by atoms with Gasteiger partial charge >= 0.3 is 6.18 Å². The molecular weight excluding hydrogens is 265 g/mol. The van der Waals surface area contributed by atoms with Crippen molar-refractivity contribution in [2.45, 2.75) is 19.0 Å². The van der Waals surface area contributed by atoms with Gasteiger partial charge in [0.05, 0.1) is 0 Å². The molecule has 0 atom stereocenters. The molecule has 0 saturated heterocycles. The van der Waals surface area contributed by atoms with Gasteiger partial charge in [-0.25, -0.2) is 0 Å². The number of hydrogen-bond donors (Lipinski definition) is 0. The van der Waals surface area contributed by atoms with Crippen LogP contribution in [0.4, 0.5) is 13.2 Å². The Morgan fingerprint density at radius 1 is 1.22 bits per heavy atom. The largest absolute Gasteiger partial charge is 0.413 e. The second-order valence-electron chi connectivity index (χ2n) is 4.24. The van der Waals surface area contributed by atoms with E-state index in [1.807, 2.05) is 0 Å². The Bertz CT molecular complexity index is 484. The number of carbonyl (C=O) groups excluding carboxylic acids is 1. The first kappa shape index (κ1) is 13.1. The van der Waals surface area contributed by atoms with Crippen molar-refractivity contribution in [2.75, 3.05) is 0 Å². The monoisotopic (exact) mass is 274 g/mol. The van der Waals surface area contributed by atoms with Gasteiger partial charge in [0.25, 0.3) is 0 Å². The average molecular weight is 275 g/mol. The highest BCUT2D eigenvalue weighted by Crippen LogP contribution is 2.44. The smallest absolute Gasteiger partial charge is 0.289 e. The van der Waals surface area contributed by atoms with Crippen LogP contribution in [0.1, 0.15) is 23.2 Å². The molecule has 1 fully saturated rings. The molecule has 0 unspecified atom stereocenters. The van der Waals surface area contributed by atoms with E-state index in [0.29, 0.717) is 23.9 Å². The van der Waals surface area contributed by atoms with Gasteiger partial charge < -0.3 is 0 Å². The normalized spacial score (nSPS) is 16.8. The van der Waals surface area contributed by atoms with Crippen LogP contribution in [0.15, 0.2) is 35.9 Å². The number of hydrogen-bond acceptors (Lipinski definition) is 1. The van der Waals surface area contributed by atoms with Gasteiger partial charge in [0, 0.05) is 16.2 Å². The van der Waals surface area contributed by atoms with E-state index in [2.05, 4.69) is 0 Å². The lowest BCUT2D eigenvalue weighted by Gasteiger charge is -2.10. The molecular formula is C13H10ClF3O. The molecule has 96 valence electrons. The number of halogens is 4. The molecule has 0 bridgehead atoms. The van der Waals surface area contributed by atoms with Crippen molar-refractivity contribution in [3.63, 3.8) is 0 Å². The third-order valence-electron chi connectivity index (χ3n) is 2.76. The summed E-state index contributed by atoms with van der Waals surface area (Å²) >= 11 is 5.65. The first-order valence-corrected chi connectivity index (χ1v) is 5.84. The highest BCUT2D eigenvalue weighted by Gasteiger charge is 2.43. The third kappa shape index (κ3) is 3.13. The minimum atomic E-state index is -4.43. The second-order valence-corrected chi connectivity index (χ2v) is 4.68. The van der Waals surface area contributed by atoms with E-state index in [4.69, 9.17) is 11.6 Å². The molecule has 1 aromatic carbocycles. The summed E-state index contributed by atoms with van der Waals surface area (Å²) in [5.74, 6) is -1.15. The van der Waals surface area contributed by atoms with E-state index >= 15 is 0 Å². The summed E-state index contributed by atoms with van der Waals surface area (Å²) in [6.45, 7) is 0. The van der Waals surface area contributed by atoms with Gasteiger partial charge in [-0.2, -0.15) is 13.2 Å². The number of benzene rings is 1. The summed E-state index contributed by atoms with van der Waals surface area (Å²) in [6.07, 6.45) is -2.72. The van der Waals surface area contributed by atoms with Crippen molar-refractivity contribution in [2.24, 2.45) is 5.92 Å². The van der Waals surface area contributed by atoms with E-state index < -0.39 is 23.5 Å². The highest BCUT2D eigenvalue weighted by molar-refractivity contribution is 6.30. The molecule has 0 amide bonds. The summed E-state index contributed by atoms with van der Waals surface area (Å²) in [4.78, 5) is 11.7. The minimum absolute atomic E-state index is 0.210. The summed E-state index contributed by atoms with van der Waals surface area (Å²) in [7, 11) is 0. The molecule has 0 heterocycles. The molecule has 0 N–H and O–H groups in total. The Labute approximate surface area is 107 Å². The topological polar surface area (TPSA) is 17.1 Å². The fourth-order valence-corrected chi connectivity index (χ4v) is 1.79. The average Bonchev–Trinajstić information content (AvgIpc) is 3.08. The first-order valence-electron chi connectivity index (χ1n) is 5.46. The molecule has 0 radical (unpaired) electrons. The SMILES string of the molecule is O=C(/C=C(\C1CC1)C(F)(F)F)c1ccc(Cl)cc1. The van der Waals surface area contributed by atoms with Crippen LogP contribution in [-0.2, 0) is 0 Å². The quantitative estimate of drug-likeness (QED) is 0.589. The third-order valence-corrected chi connectivity index (χ3v) is 3.01. The van der Waals surface area contributed by atoms with E-state index in [1.165, 1.54) is 24.3 Å². The van der Waals surface area contributed by atoms with Gasteiger partial charge in [-0.3, -0.25) is 4.79 Å². The lowest BCUT2D eigenvalue weighted by molar-refractivity contribution is -0.0955. The molecule has 1 aliphatic carbocycles. The molecule has 1 aromatic rings. The summed E-state index contributed by atoms with van der Waals surface area (Å²) in [5, 5.41) is 0.439. The van der Waals surface area contributed by atoms with Gasteiger partial charge in [-0.1, -0.05) is 11.6 Å². The van der Waals surface area contributed by atoms with Gasteiger partial charge in [0.2, 0.25) is 0 Å². The standard InChI is InChI=1S/C13H10ClF3O/c14-10-5-3-9(4-6-10)12(18)7-11(8-1-2-8)13(15,16)17/h3-8H,1-2H2/b11-7+. The van der Waals surface area contributed by atoms with Crippen molar-refractivity contribution in [1.29, 1.82) is 0 Å². The van der Waals surface area contributed by atoms with Crippen LogP contribution in [0, 0.1) is 5.92 Å². The Hall–Kier alpha value is -1.29. The summed E-state index contributed by atoms with van der Waals surface area (Å²) in [5.41, 5.74) is -0.510. The van der Waals surface area contributed by atoms with E-state index in [1.54, 1.807) is 0 Å². The Morgan fingerprint density at radius 2 is 1.78 bits per heavy atom. The molecule has 0 spiro atoms. The number of ketones is 1. The molecule has 1 saturated carbocycles. The maximum Gasteiger partial charge on any atom is 0.413 e. The van der Waals surface area contributed by atoms with Crippen molar-refractivity contribution in [1.82, 2.24) is 0 Å². The van der Waals surface area contributed by atoms with Crippen molar-refractivity contribution >= 4 is 17.4 Å². The van der Waals surface area contributed by atoms with E-state index in [9.17, 15) is 18.0 Å². The van der Waals surface area contributed by atoms with Crippen LogP contribution in [0.25, 0.3) is 0 Å². The van der Waals surface area contributed by atoms with Gasteiger partial charge in [0.15, 0.2) is 5.78 Å². The van der Waals surface area contributed by atoms with Crippen LogP contribution in [0.2, 0.25) is 5.02 Å². The molecule has 0 aliphatic heterocycles. The van der Waals surface area contributed by atoms with Crippen molar-refractivity contribution < 1.29 is 18.0 Å². The van der Waals surface area contributed by atoms with Crippen molar-refractivity contribution in [3.05, 3.63) is 46.5 Å². The molecule has 5 heteroatoms. The van der Waals surface area contributed by atoms with E-state index in [-0.39, 0.29) is 5.56 Å². The van der Waals surface area contributed by atoms with Crippen molar-refractivity contribution in [3.8, 4) is 0 Å². The number of alkyl halides is 3. The van der Waals surface area contributed by atoms with Crippen LogP contribution in [-0.4, -0.2) is 12.0 Å². The minimum Gasteiger partial charge on any atom is -0.289 e. The Kier molecular flexibility index (Phi) is 3.48. The zero-order chi connectivity index (χ0) is 13.3. The highest BCUT2D eigenvalue weighted by atomic mass is 35.5. The zero-order valence-corrected chi connectivity index (χ0v) is 10.1. The molecule has 1 aliphatic rings. The predicted octanol–water partition coefficient (Wildman–Crippen LogP) is 4.42. The van der Waals surface area contributed by atoms with Crippen LogP contribution < -0.4 is 0 Å². The summed E-state index contributed by atoms with van der Waals surface area (Å²) < 4.78 is 38.1. The van der Waals surface area contributed by atoms with Gasteiger partial charge in [0.1, 0.15) is 0 Å². The maximum absolute atomic E-state index is 12.7. The predicted molar refractivity (Wildman–Crippen MR) is 62.6 cm³/mol. The fourth-order valence-electron chi connectivity index (χ4n) is 1.66. The molecule has 2 rings (SSSR count). The maximum atomic E-state index is 12.7. The number of carbonyl (C=O) groups is 1. The van der Waals surface area contributed by atoms with Gasteiger partial charge in [-0.05, 0) is 49.1 Å². The first-order chi connectivity index (χ1) is 8.38. The number of allylic oxidation sites excluding steroid dienone is 2. The van der Waals surface area contributed by atoms with Crippen LogP contribution in [0.3, 0.4) is 0 Å². The van der Waals surface area contributed by atoms with E-state index in [0.717, 1.165) is 0 Å². The number of rotatable bonds is 3. The van der Waals surface area contributed by atoms with Gasteiger partial charge in [-0.15, -0.1) is 0 Å². The molecule has 1 nitrogen and oxygen atoms in total. The second kappa shape index (κ2) is 4.76. The zero-order valence-electron chi connectivity index (χ0n) is 9.30. The lowest BCUT2D eigenvalue weighted by Crippen LogP contribution is -2.15. The van der Waals surface area contributed by atoms with Crippen LogP contribution in [0.5, 0.6) is 0 Å². The fraction of sp³-hybridized carbons (Fsp3) is 0.308. The molecule has 18 heavy (non-hydrogen) atoms. The molecule has 0 aromatic heterocycles. The Balaban J connectivity index is 2.25. The lowest BCUT2D eigenvalue weighted by atomic mass is 10.0. The van der Waals surface area contributed by atoms with Crippen LogP contribution >= 0.6 is 11.6 Å². The summed E-state index contributed by atoms with van der Waals surface area (Å²) in [6, 6.07) is 5.80. The Morgan fingerprint density at radius 3 is 2.22 bits per heavy atom.